The molecule has 2 fully saturated rings. The maximum Gasteiger partial charge on any atom is 0.246 e. The highest BCUT2D eigenvalue weighted by molar-refractivity contribution is 5.99. The molecule has 1 atom stereocenters. The van der Waals surface area contributed by atoms with Gasteiger partial charge in [-0.3, -0.25) is 9.59 Å². The fraction of sp³-hybridized carbons (Fsp3) is 0.619. The Balaban J connectivity index is 1.51. The molecule has 2 heterocycles. The van der Waals surface area contributed by atoms with E-state index in [4.69, 9.17) is 4.74 Å². The highest BCUT2D eigenvalue weighted by atomic mass is 16.5. The molecule has 1 aromatic rings. The lowest BCUT2D eigenvalue weighted by Gasteiger charge is -2.36. The van der Waals surface area contributed by atoms with Crippen molar-refractivity contribution in [1.82, 2.24) is 9.80 Å². The number of benzene rings is 1. The SMILES string of the molecule is COc1ccccc1N1CCN(C(=O)CC[C@H](C)N2CCCCC2)CC1=O. The van der Waals surface area contributed by atoms with Gasteiger partial charge in [-0.15, -0.1) is 0 Å². The first-order chi connectivity index (χ1) is 13.1. The zero-order valence-electron chi connectivity index (χ0n) is 16.5. The number of piperidine rings is 1. The van der Waals surface area contributed by atoms with Gasteiger partial charge in [0.15, 0.2) is 0 Å². The number of methoxy groups -OCH3 is 1. The van der Waals surface area contributed by atoms with Crippen LogP contribution in [0.15, 0.2) is 24.3 Å². The number of hydrogen-bond acceptors (Lipinski definition) is 4. The topological polar surface area (TPSA) is 53.1 Å². The summed E-state index contributed by atoms with van der Waals surface area (Å²) in [5.41, 5.74) is 0.774. The number of likely N-dealkylation sites (tertiary alicyclic amines) is 1. The summed E-state index contributed by atoms with van der Waals surface area (Å²) in [4.78, 5) is 31.2. The molecule has 0 spiro atoms. The summed E-state index contributed by atoms with van der Waals surface area (Å²) >= 11 is 0. The van der Waals surface area contributed by atoms with Gasteiger partial charge in [-0.25, -0.2) is 0 Å². The molecule has 0 radical (unpaired) electrons. The van der Waals surface area contributed by atoms with Crippen LogP contribution in [0, 0.1) is 0 Å². The van der Waals surface area contributed by atoms with Gasteiger partial charge in [-0.1, -0.05) is 18.6 Å². The summed E-state index contributed by atoms with van der Waals surface area (Å²) in [5.74, 6) is 0.719. The first kappa shape index (κ1) is 19.7. The lowest BCUT2D eigenvalue weighted by Crippen LogP contribution is -2.52. The molecule has 2 amide bonds. The highest BCUT2D eigenvalue weighted by Gasteiger charge is 2.29. The average Bonchev–Trinajstić information content (AvgIpc) is 2.72. The molecule has 27 heavy (non-hydrogen) atoms. The standard InChI is InChI=1S/C21H31N3O3/c1-17(22-12-6-3-7-13-22)10-11-20(25)23-14-15-24(21(26)16-23)18-8-4-5-9-19(18)27-2/h4-5,8-9,17H,3,6-7,10-16H2,1-2H3/t17-/m0/s1. The second-order valence-electron chi connectivity index (χ2n) is 7.52. The van der Waals surface area contributed by atoms with Gasteiger partial charge in [0.05, 0.1) is 12.8 Å². The first-order valence-electron chi connectivity index (χ1n) is 10.1. The van der Waals surface area contributed by atoms with Gasteiger partial charge in [0.1, 0.15) is 12.3 Å². The van der Waals surface area contributed by atoms with Crippen LogP contribution < -0.4 is 9.64 Å². The molecule has 148 valence electrons. The van der Waals surface area contributed by atoms with Crippen molar-refractivity contribution < 1.29 is 14.3 Å². The van der Waals surface area contributed by atoms with Crippen LogP contribution in [0.25, 0.3) is 0 Å². The molecule has 2 saturated heterocycles. The van der Waals surface area contributed by atoms with E-state index in [0.717, 1.165) is 25.2 Å². The Labute approximate surface area is 162 Å². The average molecular weight is 373 g/mol. The quantitative estimate of drug-likeness (QED) is 0.769. The summed E-state index contributed by atoms with van der Waals surface area (Å²) < 4.78 is 5.36. The van der Waals surface area contributed by atoms with Crippen molar-refractivity contribution in [2.75, 3.05) is 44.7 Å². The molecule has 2 aliphatic rings. The summed E-state index contributed by atoms with van der Waals surface area (Å²) in [6.45, 7) is 5.72. The van der Waals surface area contributed by atoms with E-state index in [1.54, 1.807) is 16.9 Å². The van der Waals surface area contributed by atoms with Gasteiger partial charge in [-0.2, -0.15) is 0 Å². The molecule has 6 heteroatoms. The van der Waals surface area contributed by atoms with Crippen molar-refractivity contribution in [1.29, 1.82) is 0 Å². The Morgan fingerprint density at radius 1 is 1.11 bits per heavy atom. The smallest absolute Gasteiger partial charge is 0.246 e. The van der Waals surface area contributed by atoms with Crippen LogP contribution in [0.3, 0.4) is 0 Å². The monoisotopic (exact) mass is 373 g/mol. The third kappa shape index (κ3) is 4.80. The van der Waals surface area contributed by atoms with Crippen molar-refractivity contribution >= 4 is 17.5 Å². The van der Waals surface area contributed by atoms with E-state index >= 15 is 0 Å². The summed E-state index contributed by atoms with van der Waals surface area (Å²) in [5, 5.41) is 0. The van der Waals surface area contributed by atoms with Crippen LogP contribution >= 0.6 is 0 Å². The lowest BCUT2D eigenvalue weighted by atomic mass is 10.1. The molecule has 3 rings (SSSR count). The normalized spacial score (nSPS) is 19.9. The van der Waals surface area contributed by atoms with Gasteiger partial charge in [0, 0.05) is 25.6 Å². The number of amides is 2. The molecule has 2 aliphatic heterocycles. The fourth-order valence-corrected chi connectivity index (χ4v) is 4.03. The summed E-state index contributed by atoms with van der Waals surface area (Å²) in [6, 6.07) is 7.94. The number of carbonyl (C=O) groups excluding carboxylic acids is 2. The van der Waals surface area contributed by atoms with Gasteiger partial charge in [0.25, 0.3) is 0 Å². The van der Waals surface area contributed by atoms with Gasteiger partial charge >= 0.3 is 0 Å². The van der Waals surface area contributed by atoms with Crippen molar-refractivity contribution in [3.05, 3.63) is 24.3 Å². The van der Waals surface area contributed by atoms with Crippen LogP contribution in [0.1, 0.15) is 39.0 Å². The zero-order valence-corrected chi connectivity index (χ0v) is 16.5. The van der Waals surface area contributed by atoms with E-state index in [1.165, 1.54) is 19.3 Å². The van der Waals surface area contributed by atoms with E-state index < -0.39 is 0 Å². The van der Waals surface area contributed by atoms with Crippen molar-refractivity contribution in [3.8, 4) is 5.75 Å². The first-order valence-corrected chi connectivity index (χ1v) is 10.1. The number of rotatable bonds is 6. The number of hydrogen-bond donors (Lipinski definition) is 0. The van der Waals surface area contributed by atoms with E-state index in [2.05, 4.69) is 11.8 Å². The molecule has 0 unspecified atom stereocenters. The van der Waals surface area contributed by atoms with E-state index in [9.17, 15) is 9.59 Å². The summed E-state index contributed by atoms with van der Waals surface area (Å²) in [6.07, 6.45) is 5.22. The minimum absolute atomic E-state index is 0.0526. The molecule has 0 N–H and O–H groups in total. The Hall–Kier alpha value is -2.08. The Kier molecular flexibility index (Phi) is 6.72. The molecular formula is C21H31N3O3. The zero-order chi connectivity index (χ0) is 19.2. The molecular weight excluding hydrogens is 342 g/mol. The van der Waals surface area contributed by atoms with Crippen LogP contribution in [0.2, 0.25) is 0 Å². The van der Waals surface area contributed by atoms with Crippen molar-refractivity contribution in [3.63, 3.8) is 0 Å². The predicted molar refractivity (Wildman–Crippen MR) is 106 cm³/mol. The Morgan fingerprint density at radius 2 is 1.85 bits per heavy atom. The third-order valence-electron chi connectivity index (χ3n) is 5.74. The molecule has 0 saturated carbocycles. The maximum atomic E-state index is 12.6. The molecule has 6 nitrogen and oxygen atoms in total. The van der Waals surface area contributed by atoms with Gasteiger partial charge in [-0.05, 0) is 51.4 Å². The van der Waals surface area contributed by atoms with Crippen LogP contribution in [0.5, 0.6) is 5.75 Å². The predicted octanol–water partition coefficient (Wildman–Crippen LogP) is 2.53. The maximum absolute atomic E-state index is 12.6. The fourth-order valence-electron chi connectivity index (χ4n) is 4.03. The molecule has 0 aromatic heterocycles. The number of nitrogens with zero attached hydrogens (tertiary/aromatic N) is 3. The van der Waals surface area contributed by atoms with Crippen LogP contribution in [-0.4, -0.2) is 67.5 Å². The van der Waals surface area contributed by atoms with E-state index in [-0.39, 0.29) is 18.4 Å². The summed E-state index contributed by atoms with van der Waals surface area (Å²) in [7, 11) is 1.60. The Bertz CT molecular complexity index is 658. The number of anilines is 1. The molecule has 1 aromatic carbocycles. The number of para-hydroxylation sites is 2. The second kappa shape index (κ2) is 9.22. The minimum atomic E-state index is -0.0526. The molecule has 0 bridgehead atoms. The minimum Gasteiger partial charge on any atom is -0.495 e. The van der Waals surface area contributed by atoms with E-state index in [0.29, 0.717) is 31.3 Å². The Morgan fingerprint density at radius 3 is 2.56 bits per heavy atom. The second-order valence-corrected chi connectivity index (χ2v) is 7.52. The lowest BCUT2D eigenvalue weighted by molar-refractivity contribution is -0.137. The van der Waals surface area contributed by atoms with Gasteiger partial charge in [0.2, 0.25) is 11.8 Å². The number of carbonyl (C=O) groups is 2. The van der Waals surface area contributed by atoms with Crippen LogP contribution in [0.4, 0.5) is 5.69 Å². The number of piperazine rings is 1. The van der Waals surface area contributed by atoms with Crippen molar-refractivity contribution in [2.45, 2.75) is 45.1 Å². The highest BCUT2D eigenvalue weighted by Crippen LogP contribution is 2.29. The number of ether oxygens (including phenoxy) is 1. The van der Waals surface area contributed by atoms with Gasteiger partial charge < -0.3 is 19.4 Å². The van der Waals surface area contributed by atoms with Crippen molar-refractivity contribution in [2.24, 2.45) is 0 Å². The van der Waals surface area contributed by atoms with E-state index in [1.807, 2.05) is 24.3 Å². The largest absolute Gasteiger partial charge is 0.495 e. The third-order valence-corrected chi connectivity index (χ3v) is 5.74. The van der Waals surface area contributed by atoms with Crippen LogP contribution in [-0.2, 0) is 9.59 Å². The molecule has 0 aliphatic carbocycles.